The first kappa shape index (κ1) is 20.3. The van der Waals surface area contributed by atoms with E-state index in [-0.39, 0.29) is 0 Å². The minimum absolute atomic E-state index is 0.347. The molecule has 8 heteroatoms. The summed E-state index contributed by atoms with van der Waals surface area (Å²) in [6.45, 7) is 13.4. The van der Waals surface area contributed by atoms with Crippen LogP contribution >= 0.6 is 23.1 Å². The van der Waals surface area contributed by atoms with Crippen molar-refractivity contribution in [1.29, 1.82) is 0 Å². The number of aryl methyl sites for hydroxylation is 2. The van der Waals surface area contributed by atoms with Crippen LogP contribution in [-0.4, -0.2) is 25.0 Å². The Morgan fingerprint density at radius 2 is 2.14 bits per heavy atom. The summed E-state index contributed by atoms with van der Waals surface area (Å²) >= 11 is 3.42. The fourth-order valence-corrected chi connectivity index (χ4v) is 5.75. The largest absolute Gasteiger partial charge is 0.425 e. The van der Waals surface area contributed by atoms with Crippen molar-refractivity contribution >= 4 is 23.1 Å². The Bertz CT molecular complexity index is 1010. The average Bonchev–Trinajstić information content (AvgIpc) is 3.37. The zero-order chi connectivity index (χ0) is 20.6. The van der Waals surface area contributed by atoms with Gasteiger partial charge in [-0.1, -0.05) is 38.6 Å². The number of hydrogen-bond acceptors (Lipinski definition) is 7. The van der Waals surface area contributed by atoms with Gasteiger partial charge in [-0.25, -0.2) is 0 Å². The van der Waals surface area contributed by atoms with E-state index in [1.165, 1.54) is 21.7 Å². The lowest BCUT2D eigenvalue weighted by Crippen LogP contribution is -2.26. The molecule has 0 radical (unpaired) electrons. The molecule has 1 aliphatic carbocycles. The molecule has 0 saturated heterocycles. The highest BCUT2D eigenvalue weighted by Crippen LogP contribution is 2.42. The molecule has 0 saturated carbocycles. The molecular weight excluding hydrogens is 402 g/mol. The number of nitrogens with zero attached hydrogens (tertiary/aromatic N) is 5. The molecule has 0 bridgehead atoms. The minimum Gasteiger partial charge on any atom is -0.425 e. The maximum atomic E-state index is 5.47. The molecule has 0 amide bonds. The summed E-state index contributed by atoms with van der Waals surface area (Å²) in [6.07, 6.45) is 5.47. The third-order valence-corrected chi connectivity index (χ3v) is 7.63. The van der Waals surface area contributed by atoms with Gasteiger partial charge in [-0.2, -0.15) is 0 Å². The van der Waals surface area contributed by atoms with Crippen LogP contribution in [0.15, 0.2) is 28.3 Å². The van der Waals surface area contributed by atoms with Gasteiger partial charge in [0.1, 0.15) is 0 Å². The minimum atomic E-state index is 0.347. The van der Waals surface area contributed by atoms with Crippen molar-refractivity contribution < 1.29 is 4.42 Å². The highest BCUT2D eigenvalue weighted by molar-refractivity contribution is 7.98. The third-order valence-electron chi connectivity index (χ3n) is 5.45. The molecule has 1 atom stereocenters. The van der Waals surface area contributed by atoms with Gasteiger partial charge in [-0.3, -0.25) is 4.57 Å². The normalized spacial score (nSPS) is 16.8. The maximum absolute atomic E-state index is 5.47. The van der Waals surface area contributed by atoms with Gasteiger partial charge < -0.3 is 4.42 Å². The molecule has 0 aliphatic heterocycles. The van der Waals surface area contributed by atoms with Gasteiger partial charge in [0.2, 0.25) is 11.8 Å². The predicted octanol–water partition coefficient (Wildman–Crippen LogP) is 5.33. The zero-order valence-corrected chi connectivity index (χ0v) is 19.1. The Morgan fingerprint density at radius 3 is 2.83 bits per heavy atom. The summed E-state index contributed by atoms with van der Waals surface area (Å²) in [5.41, 5.74) is 1.83. The zero-order valence-electron chi connectivity index (χ0n) is 17.4. The molecule has 0 N–H and O–H groups in total. The van der Waals surface area contributed by atoms with Crippen molar-refractivity contribution in [3.05, 3.63) is 40.9 Å². The maximum Gasteiger partial charge on any atom is 0.226 e. The SMILES string of the molecule is C=CCn1c(SCc2nnc(C)o2)nnc1-c1cc2c(s1)CCC(C(C)(C)C)C2. The topological polar surface area (TPSA) is 69.6 Å². The van der Waals surface area contributed by atoms with E-state index >= 15 is 0 Å². The Hall–Kier alpha value is -1.93. The number of fused-ring (bicyclic) bond motifs is 1. The summed E-state index contributed by atoms with van der Waals surface area (Å²) in [6, 6.07) is 2.33. The van der Waals surface area contributed by atoms with E-state index in [1.807, 2.05) is 17.4 Å². The van der Waals surface area contributed by atoms with Crippen LogP contribution in [0.25, 0.3) is 10.7 Å². The van der Waals surface area contributed by atoms with Crippen LogP contribution in [0.5, 0.6) is 0 Å². The van der Waals surface area contributed by atoms with Gasteiger partial charge in [0.15, 0.2) is 11.0 Å². The predicted molar refractivity (Wildman–Crippen MR) is 117 cm³/mol. The van der Waals surface area contributed by atoms with Crippen molar-refractivity contribution in [3.63, 3.8) is 0 Å². The van der Waals surface area contributed by atoms with Crippen molar-refractivity contribution in [3.8, 4) is 10.7 Å². The van der Waals surface area contributed by atoms with E-state index in [9.17, 15) is 0 Å². The Morgan fingerprint density at radius 1 is 1.31 bits per heavy atom. The molecule has 4 rings (SSSR count). The first-order valence-electron chi connectivity index (χ1n) is 9.93. The molecule has 3 aromatic rings. The Labute approximate surface area is 179 Å². The van der Waals surface area contributed by atoms with Crippen LogP contribution in [-0.2, 0) is 25.1 Å². The van der Waals surface area contributed by atoms with Gasteiger partial charge in [0.05, 0.1) is 10.6 Å². The van der Waals surface area contributed by atoms with E-state index in [4.69, 9.17) is 4.42 Å². The third kappa shape index (κ3) is 4.33. The van der Waals surface area contributed by atoms with Gasteiger partial charge in [-0.15, -0.1) is 38.3 Å². The van der Waals surface area contributed by atoms with E-state index in [0.717, 1.165) is 29.7 Å². The molecule has 0 fully saturated rings. The quantitative estimate of drug-likeness (QED) is 0.390. The molecule has 154 valence electrons. The van der Waals surface area contributed by atoms with Crippen LogP contribution in [0.4, 0.5) is 0 Å². The molecule has 0 aromatic carbocycles. The van der Waals surface area contributed by atoms with Gasteiger partial charge in [0.25, 0.3) is 0 Å². The van der Waals surface area contributed by atoms with E-state index in [1.54, 1.807) is 18.7 Å². The molecule has 3 heterocycles. The second-order valence-corrected chi connectivity index (χ2v) is 10.7. The average molecular weight is 430 g/mol. The molecule has 0 spiro atoms. The smallest absolute Gasteiger partial charge is 0.226 e. The van der Waals surface area contributed by atoms with Gasteiger partial charge in [0, 0.05) is 18.3 Å². The summed E-state index contributed by atoms with van der Waals surface area (Å²) < 4.78 is 7.59. The van der Waals surface area contributed by atoms with Gasteiger partial charge in [-0.05, 0) is 42.2 Å². The lowest BCUT2D eigenvalue weighted by molar-refractivity contribution is 0.217. The van der Waals surface area contributed by atoms with Gasteiger partial charge >= 0.3 is 0 Å². The Kier molecular flexibility index (Phi) is 5.66. The summed E-state index contributed by atoms with van der Waals surface area (Å²) in [5, 5.41) is 17.7. The van der Waals surface area contributed by atoms with Crippen LogP contribution in [0.1, 0.15) is 49.4 Å². The molecule has 3 aromatic heterocycles. The molecule has 29 heavy (non-hydrogen) atoms. The van der Waals surface area contributed by atoms with Crippen molar-refractivity contribution in [1.82, 2.24) is 25.0 Å². The highest BCUT2D eigenvalue weighted by atomic mass is 32.2. The summed E-state index contributed by atoms with van der Waals surface area (Å²) in [5.74, 6) is 3.39. The monoisotopic (exact) mass is 429 g/mol. The van der Waals surface area contributed by atoms with Crippen LogP contribution in [0, 0.1) is 18.3 Å². The molecule has 1 unspecified atom stereocenters. The molecule has 1 aliphatic rings. The lowest BCUT2D eigenvalue weighted by Gasteiger charge is -2.33. The second-order valence-electron chi connectivity index (χ2n) is 8.57. The van der Waals surface area contributed by atoms with E-state index in [2.05, 4.69) is 58.4 Å². The lowest BCUT2D eigenvalue weighted by atomic mass is 9.72. The van der Waals surface area contributed by atoms with Crippen molar-refractivity contribution in [2.24, 2.45) is 11.3 Å². The fourth-order valence-electron chi connectivity index (χ4n) is 3.77. The summed E-state index contributed by atoms with van der Waals surface area (Å²) in [4.78, 5) is 2.70. The highest BCUT2D eigenvalue weighted by Gasteiger charge is 2.30. The Balaban J connectivity index is 1.58. The van der Waals surface area contributed by atoms with Crippen LogP contribution in [0.2, 0.25) is 0 Å². The number of allylic oxidation sites excluding steroid dienone is 1. The summed E-state index contributed by atoms with van der Waals surface area (Å²) in [7, 11) is 0. The standard InChI is InChI=1S/C21H27N5OS2/c1-6-9-26-19(24-25-20(26)28-12-18-23-22-13(2)27-18)17-11-14-10-15(21(3,4)5)7-8-16(14)29-17/h6,11,15H,1,7-10,12H2,2-5H3. The molecular formula is C21H27N5OS2. The van der Waals surface area contributed by atoms with Crippen molar-refractivity contribution in [2.75, 3.05) is 0 Å². The number of hydrogen-bond donors (Lipinski definition) is 0. The van der Waals surface area contributed by atoms with E-state index < -0.39 is 0 Å². The number of aromatic nitrogens is 5. The first-order valence-corrected chi connectivity index (χ1v) is 11.7. The van der Waals surface area contributed by atoms with Crippen LogP contribution < -0.4 is 0 Å². The fraction of sp³-hybridized carbons (Fsp3) is 0.524. The second kappa shape index (κ2) is 8.07. The van der Waals surface area contributed by atoms with Crippen molar-refractivity contribution in [2.45, 2.75) is 64.4 Å². The van der Waals surface area contributed by atoms with Crippen LogP contribution in [0.3, 0.4) is 0 Å². The number of thioether (sulfide) groups is 1. The first-order chi connectivity index (χ1) is 13.8. The van der Waals surface area contributed by atoms with E-state index in [0.29, 0.717) is 29.5 Å². The molecule has 6 nitrogen and oxygen atoms in total. The number of rotatable bonds is 6. The number of thiophene rings is 1.